The van der Waals surface area contributed by atoms with Gasteiger partial charge >= 0.3 is 0 Å². The summed E-state index contributed by atoms with van der Waals surface area (Å²) in [6.07, 6.45) is 0.481. The predicted octanol–water partition coefficient (Wildman–Crippen LogP) is 0.0129. The third kappa shape index (κ3) is 4.48. The number of benzene rings is 1. The van der Waals surface area contributed by atoms with Crippen LogP contribution < -0.4 is 16.8 Å². The summed E-state index contributed by atoms with van der Waals surface area (Å²) in [5.74, 6) is 0. The van der Waals surface area contributed by atoms with Crippen molar-refractivity contribution in [1.29, 1.82) is 0 Å². The SMILES string of the molecule is NCCNCC(N)Cc1ccccc1[N+](=O)[O-]. The van der Waals surface area contributed by atoms with Gasteiger partial charge in [0.15, 0.2) is 0 Å². The van der Waals surface area contributed by atoms with E-state index in [0.29, 0.717) is 31.6 Å². The molecule has 1 aromatic carbocycles. The Morgan fingerprint density at radius 3 is 2.76 bits per heavy atom. The molecule has 1 rings (SSSR count). The van der Waals surface area contributed by atoms with Gasteiger partial charge in [-0.3, -0.25) is 10.1 Å². The predicted molar refractivity (Wildman–Crippen MR) is 66.7 cm³/mol. The first-order valence-electron chi connectivity index (χ1n) is 5.53. The molecule has 6 heteroatoms. The van der Waals surface area contributed by atoms with E-state index in [9.17, 15) is 10.1 Å². The fraction of sp³-hybridized carbons (Fsp3) is 0.455. The molecule has 17 heavy (non-hydrogen) atoms. The Labute approximate surface area is 100 Å². The van der Waals surface area contributed by atoms with Crippen LogP contribution in [0.3, 0.4) is 0 Å². The van der Waals surface area contributed by atoms with Crippen LogP contribution in [-0.2, 0) is 6.42 Å². The molecular weight excluding hydrogens is 220 g/mol. The average molecular weight is 238 g/mol. The van der Waals surface area contributed by atoms with E-state index in [1.807, 2.05) is 0 Å². The van der Waals surface area contributed by atoms with Crippen LogP contribution in [0.2, 0.25) is 0 Å². The summed E-state index contributed by atoms with van der Waals surface area (Å²) in [5.41, 5.74) is 12.0. The van der Waals surface area contributed by atoms with Gasteiger partial charge < -0.3 is 16.8 Å². The Balaban J connectivity index is 2.58. The van der Waals surface area contributed by atoms with Gasteiger partial charge in [-0.05, 0) is 6.42 Å². The molecule has 1 atom stereocenters. The summed E-state index contributed by atoms with van der Waals surface area (Å²) in [4.78, 5) is 10.4. The van der Waals surface area contributed by atoms with Gasteiger partial charge in [-0.15, -0.1) is 0 Å². The second-order valence-corrected chi connectivity index (χ2v) is 3.84. The van der Waals surface area contributed by atoms with Gasteiger partial charge in [0.25, 0.3) is 5.69 Å². The summed E-state index contributed by atoms with van der Waals surface area (Å²) >= 11 is 0. The molecule has 1 aromatic rings. The van der Waals surface area contributed by atoms with E-state index in [-0.39, 0.29) is 16.7 Å². The van der Waals surface area contributed by atoms with Crippen molar-refractivity contribution in [1.82, 2.24) is 5.32 Å². The first-order chi connectivity index (χ1) is 8.15. The number of nitrogens with one attached hydrogen (secondary N) is 1. The van der Waals surface area contributed by atoms with Crippen molar-refractivity contribution in [2.24, 2.45) is 11.5 Å². The maximum atomic E-state index is 10.8. The molecule has 0 fully saturated rings. The van der Waals surface area contributed by atoms with Crippen molar-refractivity contribution in [3.8, 4) is 0 Å². The Hall–Kier alpha value is -1.50. The van der Waals surface area contributed by atoms with Crippen LogP contribution >= 0.6 is 0 Å². The highest BCUT2D eigenvalue weighted by atomic mass is 16.6. The molecule has 0 aliphatic heterocycles. The lowest BCUT2D eigenvalue weighted by Gasteiger charge is -2.12. The number of nitrogens with zero attached hydrogens (tertiary/aromatic N) is 1. The molecule has 0 radical (unpaired) electrons. The highest BCUT2D eigenvalue weighted by Gasteiger charge is 2.14. The maximum Gasteiger partial charge on any atom is 0.272 e. The zero-order valence-electron chi connectivity index (χ0n) is 9.63. The van der Waals surface area contributed by atoms with Gasteiger partial charge in [0.2, 0.25) is 0 Å². The zero-order chi connectivity index (χ0) is 12.7. The van der Waals surface area contributed by atoms with Crippen LogP contribution in [0.25, 0.3) is 0 Å². The van der Waals surface area contributed by atoms with E-state index < -0.39 is 0 Å². The average Bonchev–Trinajstić information content (AvgIpc) is 2.29. The van der Waals surface area contributed by atoms with Gasteiger partial charge in [0.1, 0.15) is 0 Å². The molecule has 1 unspecified atom stereocenters. The fourth-order valence-electron chi connectivity index (χ4n) is 1.61. The molecule has 0 aliphatic carbocycles. The third-order valence-electron chi connectivity index (χ3n) is 2.40. The molecular formula is C11H18N4O2. The minimum atomic E-state index is -0.380. The molecule has 5 N–H and O–H groups in total. The van der Waals surface area contributed by atoms with E-state index in [4.69, 9.17) is 11.5 Å². The maximum absolute atomic E-state index is 10.8. The summed E-state index contributed by atoms with van der Waals surface area (Å²) in [6.45, 7) is 1.85. The van der Waals surface area contributed by atoms with Crippen molar-refractivity contribution in [2.75, 3.05) is 19.6 Å². The minimum Gasteiger partial charge on any atom is -0.329 e. The van der Waals surface area contributed by atoms with Crippen molar-refractivity contribution in [2.45, 2.75) is 12.5 Å². The van der Waals surface area contributed by atoms with Crippen LogP contribution in [0.15, 0.2) is 24.3 Å². The molecule has 0 saturated heterocycles. The van der Waals surface area contributed by atoms with E-state index in [1.165, 1.54) is 6.07 Å². The molecule has 94 valence electrons. The van der Waals surface area contributed by atoms with Gasteiger partial charge in [0, 0.05) is 37.3 Å². The van der Waals surface area contributed by atoms with Crippen LogP contribution in [0.4, 0.5) is 5.69 Å². The summed E-state index contributed by atoms with van der Waals surface area (Å²) < 4.78 is 0. The lowest BCUT2D eigenvalue weighted by Crippen LogP contribution is -2.37. The number of hydrogen-bond acceptors (Lipinski definition) is 5. The molecule has 0 aliphatic rings. The Morgan fingerprint density at radius 1 is 1.41 bits per heavy atom. The van der Waals surface area contributed by atoms with Gasteiger partial charge in [-0.2, -0.15) is 0 Å². The van der Waals surface area contributed by atoms with E-state index in [0.717, 1.165) is 0 Å². The summed E-state index contributed by atoms with van der Waals surface area (Å²) in [6, 6.07) is 6.51. The first kappa shape index (κ1) is 13.6. The molecule has 0 saturated carbocycles. The third-order valence-corrected chi connectivity index (χ3v) is 2.40. The highest BCUT2D eigenvalue weighted by molar-refractivity contribution is 5.40. The van der Waals surface area contributed by atoms with Crippen molar-refractivity contribution in [3.05, 3.63) is 39.9 Å². The van der Waals surface area contributed by atoms with Crippen molar-refractivity contribution < 1.29 is 4.92 Å². The molecule has 6 nitrogen and oxygen atoms in total. The summed E-state index contributed by atoms with van der Waals surface area (Å²) in [5, 5.41) is 13.9. The number of para-hydroxylation sites is 1. The first-order valence-corrected chi connectivity index (χ1v) is 5.53. The Kier molecular flexibility index (Phi) is 5.55. The molecule has 0 bridgehead atoms. The van der Waals surface area contributed by atoms with E-state index in [2.05, 4.69) is 5.32 Å². The molecule has 0 aromatic heterocycles. The van der Waals surface area contributed by atoms with Gasteiger partial charge in [-0.1, -0.05) is 18.2 Å². The monoisotopic (exact) mass is 238 g/mol. The zero-order valence-corrected chi connectivity index (χ0v) is 9.63. The van der Waals surface area contributed by atoms with Crippen molar-refractivity contribution >= 4 is 5.69 Å². The van der Waals surface area contributed by atoms with Crippen LogP contribution in [0.5, 0.6) is 0 Å². The molecule has 0 amide bonds. The second-order valence-electron chi connectivity index (χ2n) is 3.84. The fourth-order valence-corrected chi connectivity index (χ4v) is 1.61. The van der Waals surface area contributed by atoms with Gasteiger partial charge in [0.05, 0.1) is 4.92 Å². The van der Waals surface area contributed by atoms with Crippen molar-refractivity contribution in [3.63, 3.8) is 0 Å². The van der Waals surface area contributed by atoms with Gasteiger partial charge in [-0.25, -0.2) is 0 Å². The smallest absolute Gasteiger partial charge is 0.272 e. The lowest BCUT2D eigenvalue weighted by atomic mass is 10.0. The van der Waals surface area contributed by atoms with E-state index in [1.54, 1.807) is 18.2 Å². The normalized spacial score (nSPS) is 12.4. The van der Waals surface area contributed by atoms with Crippen LogP contribution in [0, 0.1) is 10.1 Å². The molecule has 0 heterocycles. The topological polar surface area (TPSA) is 107 Å². The van der Waals surface area contributed by atoms with E-state index >= 15 is 0 Å². The van der Waals surface area contributed by atoms with Crippen LogP contribution in [0.1, 0.15) is 5.56 Å². The standard InChI is InChI=1S/C11H18N4O2/c12-5-6-14-8-10(13)7-9-3-1-2-4-11(9)15(16)17/h1-4,10,14H,5-8,12-13H2. The lowest BCUT2D eigenvalue weighted by molar-refractivity contribution is -0.385. The van der Waals surface area contributed by atoms with Crippen LogP contribution in [-0.4, -0.2) is 30.6 Å². The highest BCUT2D eigenvalue weighted by Crippen LogP contribution is 2.18. The molecule has 0 spiro atoms. The number of nitro groups is 1. The number of hydrogen-bond donors (Lipinski definition) is 3. The number of nitro benzene ring substituents is 1. The summed E-state index contributed by atoms with van der Waals surface area (Å²) in [7, 11) is 0. The second kappa shape index (κ2) is 6.95. The minimum absolute atomic E-state index is 0.127. The number of rotatable bonds is 7. The Bertz CT molecular complexity index is 370. The number of nitrogens with two attached hydrogens (primary N) is 2. The Morgan fingerprint density at radius 2 is 2.12 bits per heavy atom. The largest absolute Gasteiger partial charge is 0.329 e. The quantitative estimate of drug-likeness (QED) is 0.352.